The molecule has 0 radical (unpaired) electrons. The molecule has 1 aromatic carbocycles. The first kappa shape index (κ1) is 13.8. The van der Waals surface area contributed by atoms with E-state index in [4.69, 9.17) is 5.73 Å². The van der Waals surface area contributed by atoms with Crippen LogP contribution in [0.4, 0.5) is 11.8 Å². The number of imidazole rings is 1. The highest BCUT2D eigenvalue weighted by molar-refractivity contribution is 9.10. The summed E-state index contributed by atoms with van der Waals surface area (Å²) in [5.74, 6) is 0.0392. The van der Waals surface area contributed by atoms with Crippen LogP contribution in [-0.4, -0.2) is 23.4 Å². The number of nitrogens with zero attached hydrogens (tertiary/aromatic N) is 2. The Hall–Kier alpha value is -2.13. The van der Waals surface area contributed by atoms with Gasteiger partial charge >= 0.3 is 0 Å². The average Bonchev–Trinajstić information content (AvgIpc) is 2.82. The minimum absolute atomic E-state index is 0.0817. The average molecular weight is 368 g/mol. The van der Waals surface area contributed by atoms with E-state index in [1.807, 2.05) is 12.1 Å². The summed E-state index contributed by atoms with van der Waals surface area (Å²) in [5, 5.41) is 0. The molecule has 2 heterocycles. The maximum atomic E-state index is 12.3. The molecule has 0 aliphatic carbocycles. The highest BCUT2D eigenvalue weighted by Gasteiger charge is 2.20. The van der Waals surface area contributed by atoms with Crippen LogP contribution in [0.5, 0.6) is 0 Å². The number of fused-ring (bicyclic) bond motifs is 1. The van der Waals surface area contributed by atoms with Crippen LogP contribution in [-0.2, 0) is 10.0 Å². The van der Waals surface area contributed by atoms with Crippen molar-refractivity contribution in [3.05, 3.63) is 41.0 Å². The highest BCUT2D eigenvalue weighted by atomic mass is 79.9. The van der Waals surface area contributed by atoms with Gasteiger partial charge in [-0.2, -0.15) is 0 Å². The van der Waals surface area contributed by atoms with Crippen molar-refractivity contribution >= 4 is 48.8 Å². The summed E-state index contributed by atoms with van der Waals surface area (Å²) in [6.45, 7) is 0. The van der Waals surface area contributed by atoms with E-state index in [1.165, 1.54) is 12.3 Å². The van der Waals surface area contributed by atoms with Crippen LogP contribution in [0.3, 0.4) is 0 Å². The third-order valence-corrected chi connectivity index (χ3v) is 4.56. The third-order valence-electron chi connectivity index (χ3n) is 2.76. The fraction of sp³-hybridized carbons (Fsp3) is 0. The van der Waals surface area contributed by atoms with Crippen LogP contribution in [0.15, 0.2) is 45.9 Å². The molecule has 7 nitrogen and oxygen atoms in total. The number of nitrogens with one attached hydrogen (secondary N) is 2. The Morgan fingerprint density at radius 3 is 2.81 bits per heavy atom. The highest BCUT2D eigenvalue weighted by Crippen LogP contribution is 2.23. The van der Waals surface area contributed by atoms with E-state index in [0.717, 1.165) is 5.52 Å². The van der Waals surface area contributed by atoms with Crippen LogP contribution in [0.1, 0.15) is 0 Å². The van der Waals surface area contributed by atoms with Crippen molar-refractivity contribution < 1.29 is 8.42 Å². The molecular formula is C12H10BrN5O2S. The SMILES string of the molecule is Nc1ncc(Br)cc1S(=O)(=O)Nc1nc2ccccc2[nH]1. The van der Waals surface area contributed by atoms with Gasteiger partial charge in [-0.05, 0) is 34.1 Å². The maximum absolute atomic E-state index is 12.3. The van der Waals surface area contributed by atoms with E-state index in [-0.39, 0.29) is 16.7 Å². The number of benzene rings is 1. The molecule has 0 fully saturated rings. The van der Waals surface area contributed by atoms with E-state index in [9.17, 15) is 8.42 Å². The van der Waals surface area contributed by atoms with E-state index in [1.54, 1.807) is 12.1 Å². The first-order valence-corrected chi connectivity index (χ1v) is 8.12. The van der Waals surface area contributed by atoms with Gasteiger partial charge in [0.1, 0.15) is 10.7 Å². The Labute approximate surface area is 128 Å². The van der Waals surface area contributed by atoms with Gasteiger partial charge < -0.3 is 10.7 Å². The van der Waals surface area contributed by atoms with Gasteiger partial charge in [0.25, 0.3) is 10.0 Å². The summed E-state index contributed by atoms with van der Waals surface area (Å²) >= 11 is 3.17. The number of hydrogen-bond donors (Lipinski definition) is 3. The Kier molecular flexibility index (Phi) is 3.30. The number of halogens is 1. The van der Waals surface area contributed by atoms with Gasteiger partial charge in [0.15, 0.2) is 0 Å². The van der Waals surface area contributed by atoms with Crippen molar-refractivity contribution in [2.75, 3.05) is 10.5 Å². The van der Waals surface area contributed by atoms with Gasteiger partial charge in [-0.15, -0.1) is 0 Å². The number of nitrogens with two attached hydrogens (primary N) is 1. The molecule has 0 spiro atoms. The second-order valence-electron chi connectivity index (χ2n) is 4.24. The fourth-order valence-electron chi connectivity index (χ4n) is 1.83. The summed E-state index contributed by atoms with van der Waals surface area (Å²) in [6.07, 6.45) is 1.43. The molecule has 21 heavy (non-hydrogen) atoms. The van der Waals surface area contributed by atoms with E-state index >= 15 is 0 Å². The molecular weight excluding hydrogens is 358 g/mol. The predicted octanol–water partition coefficient (Wildman–Crippen LogP) is 2.10. The van der Waals surface area contributed by atoms with Crippen LogP contribution < -0.4 is 10.5 Å². The van der Waals surface area contributed by atoms with Crippen molar-refractivity contribution in [2.45, 2.75) is 4.90 Å². The van der Waals surface area contributed by atoms with Gasteiger partial charge in [-0.3, -0.25) is 0 Å². The summed E-state index contributed by atoms with van der Waals surface area (Å²) in [4.78, 5) is 10.7. The zero-order valence-corrected chi connectivity index (χ0v) is 12.9. The van der Waals surface area contributed by atoms with E-state index in [0.29, 0.717) is 9.99 Å². The van der Waals surface area contributed by atoms with Crippen molar-refractivity contribution in [1.29, 1.82) is 0 Å². The summed E-state index contributed by atoms with van der Waals surface area (Å²) < 4.78 is 27.6. The smallest absolute Gasteiger partial charge is 0.267 e. The number of nitrogen functional groups attached to an aromatic ring is 1. The number of aromatic amines is 1. The molecule has 3 aromatic rings. The number of aromatic nitrogens is 3. The van der Waals surface area contributed by atoms with Crippen LogP contribution in [0.25, 0.3) is 11.0 Å². The zero-order valence-electron chi connectivity index (χ0n) is 10.5. The number of sulfonamides is 1. The lowest BCUT2D eigenvalue weighted by Gasteiger charge is -2.07. The fourth-order valence-corrected chi connectivity index (χ4v) is 3.38. The molecule has 0 aliphatic heterocycles. The minimum atomic E-state index is -3.88. The van der Waals surface area contributed by atoms with Crippen molar-refractivity contribution in [3.63, 3.8) is 0 Å². The third kappa shape index (κ3) is 2.69. The lowest BCUT2D eigenvalue weighted by Crippen LogP contribution is -2.16. The van der Waals surface area contributed by atoms with Crippen LogP contribution >= 0.6 is 15.9 Å². The van der Waals surface area contributed by atoms with E-state index in [2.05, 4.69) is 35.6 Å². The molecule has 2 aromatic heterocycles. The maximum Gasteiger partial charge on any atom is 0.267 e. The van der Waals surface area contributed by atoms with Gasteiger partial charge in [0, 0.05) is 10.7 Å². The van der Waals surface area contributed by atoms with Crippen molar-refractivity contribution in [3.8, 4) is 0 Å². The number of rotatable bonds is 3. The number of H-pyrrole nitrogens is 1. The van der Waals surface area contributed by atoms with Gasteiger partial charge in [-0.25, -0.2) is 23.1 Å². The molecule has 0 aliphatic rings. The molecule has 0 saturated heterocycles. The normalized spacial score (nSPS) is 11.7. The van der Waals surface area contributed by atoms with Gasteiger partial charge in [-0.1, -0.05) is 12.1 Å². The predicted molar refractivity (Wildman–Crippen MR) is 83.3 cm³/mol. The lowest BCUT2D eigenvalue weighted by molar-refractivity contribution is 0.601. The molecule has 9 heteroatoms. The summed E-state index contributed by atoms with van der Waals surface area (Å²) in [5.41, 5.74) is 7.02. The minimum Gasteiger partial charge on any atom is -0.383 e. The lowest BCUT2D eigenvalue weighted by atomic mass is 10.3. The molecule has 0 amide bonds. The van der Waals surface area contributed by atoms with Gasteiger partial charge in [0.2, 0.25) is 5.95 Å². The molecule has 0 bridgehead atoms. The first-order chi connectivity index (χ1) is 9.95. The zero-order chi connectivity index (χ0) is 15.0. The van der Waals surface area contributed by atoms with Crippen LogP contribution in [0, 0.1) is 0 Å². The first-order valence-electron chi connectivity index (χ1n) is 5.84. The Balaban J connectivity index is 2.01. The standard InChI is InChI=1S/C12H10BrN5O2S/c13-7-5-10(11(14)15-6-7)21(19,20)18-12-16-8-3-1-2-4-9(8)17-12/h1-6H,(H2,14,15)(H2,16,17,18). The largest absolute Gasteiger partial charge is 0.383 e. The topological polar surface area (TPSA) is 114 Å². The number of pyridine rings is 1. The molecule has 0 atom stereocenters. The second-order valence-corrected chi connectivity index (χ2v) is 6.81. The molecule has 4 N–H and O–H groups in total. The van der Waals surface area contributed by atoms with E-state index < -0.39 is 10.0 Å². The quantitative estimate of drug-likeness (QED) is 0.655. The number of para-hydroxylation sites is 2. The summed E-state index contributed by atoms with van der Waals surface area (Å²) in [6, 6.07) is 8.60. The Morgan fingerprint density at radius 2 is 2.05 bits per heavy atom. The monoisotopic (exact) mass is 367 g/mol. The Bertz CT molecular complexity index is 889. The number of hydrogen-bond acceptors (Lipinski definition) is 5. The molecule has 108 valence electrons. The molecule has 0 unspecified atom stereocenters. The number of anilines is 2. The van der Waals surface area contributed by atoms with Gasteiger partial charge in [0.05, 0.1) is 11.0 Å². The van der Waals surface area contributed by atoms with Crippen LogP contribution in [0.2, 0.25) is 0 Å². The summed E-state index contributed by atoms with van der Waals surface area (Å²) in [7, 11) is -3.88. The van der Waals surface area contributed by atoms with Crippen molar-refractivity contribution in [1.82, 2.24) is 15.0 Å². The second kappa shape index (κ2) is 5.01. The van der Waals surface area contributed by atoms with Crippen molar-refractivity contribution in [2.24, 2.45) is 0 Å². The molecule has 0 saturated carbocycles. The molecule has 3 rings (SSSR count). The Morgan fingerprint density at radius 1 is 1.29 bits per heavy atom.